The molecule has 6 heteroatoms. The second-order valence-electron chi connectivity index (χ2n) is 5.41. The molecule has 0 aliphatic heterocycles. The van der Waals surface area contributed by atoms with Gasteiger partial charge < -0.3 is 9.73 Å². The van der Waals surface area contributed by atoms with Gasteiger partial charge >= 0.3 is 0 Å². The molecular formula is C18H17N3O3. The van der Waals surface area contributed by atoms with Crippen molar-refractivity contribution in [3.63, 3.8) is 0 Å². The average Bonchev–Trinajstić information content (AvgIpc) is 3.12. The highest BCUT2D eigenvalue weighted by Crippen LogP contribution is 2.12. The fourth-order valence-electron chi connectivity index (χ4n) is 2.32. The Morgan fingerprint density at radius 3 is 2.67 bits per heavy atom. The van der Waals surface area contributed by atoms with E-state index in [1.807, 2.05) is 37.3 Å². The molecule has 1 aromatic carbocycles. The van der Waals surface area contributed by atoms with Crippen LogP contribution in [0.4, 0.5) is 0 Å². The summed E-state index contributed by atoms with van der Waals surface area (Å²) < 4.78 is 6.54. The van der Waals surface area contributed by atoms with Gasteiger partial charge in [-0.05, 0) is 30.7 Å². The molecule has 6 nitrogen and oxygen atoms in total. The summed E-state index contributed by atoms with van der Waals surface area (Å²) in [6.07, 6.45) is 1.55. The summed E-state index contributed by atoms with van der Waals surface area (Å²) in [5.41, 5.74) is 0.868. The summed E-state index contributed by atoms with van der Waals surface area (Å²) in [5, 5.41) is 6.96. The number of furan rings is 1. The van der Waals surface area contributed by atoms with Crippen molar-refractivity contribution in [1.29, 1.82) is 0 Å². The maximum Gasteiger partial charge on any atom is 0.272 e. The van der Waals surface area contributed by atoms with Crippen LogP contribution in [0.1, 0.15) is 34.8 Å². The Morgan fingerprint density at radius 2 is 1.96 bits per heavy atom. The predicted molar refractivity (Wildman–Crippen MR) is 88.6 cm³/mol. The molecule has 0 saturated heterocycles. The van der Waals surface area contributed by atoms with E-state index in [1.54, 1.807) is 18.4 Å². The fourth-order valence-corrected chi connectivity index (χ4v) is 2.32. The first-order valence-corrected chi connectivity index (χ1v) is 7.60. The smallest absolute Gasteiger partial charge is 0.272 e. The van der Waals surface area contributed by atoms with E-state index in [0.717, 1.165) is 5.56 Å². The molecule has 0 aliphatic carbocycles. The Morgan fingerprint density at radius 1 is 1.17 bits per heavy atom. The highest BCUT2D eigenvalue weighted by molar-refractivity contribution is 5.92. The molecule has 0 aliphatic rings. The summed E-state index contributed by atoms with van der Waals surface area (Å²) in [7, 11) is 0. The SMILES string of the molecule is CC(NC(=O)c1ccc(=O)n(Cc2ccccc2)n1)c1ccco1. The lowest BCUT2D eigenvalue weighted by Crippen LogP contribution is -2.31. The van der Waals surface area contributed by atoms with Gasteiger partial charge in [-0.1, -0.05) is 30.3 Å². The van der Waals surface area contributed by atoms with E-state index in [0.29, 0.717) is 12.3 Å². The first kappa shape index (κ1) is 15.7. The van der Waals surface area contributed by atoms with Crippen molar-refractivity contribution < 1.29 is 9.21 Å². The number of hydrogen-bond acceptors (Lipinski definition) is 4. The van der Waals surface area contributed by atoms with Crippen LogP contribution in [0.3, 0.4) is 0 Å². The maximum atomic E-state index is 12.3. The summed E-state index contributed by atoms with van der Waals surface area (Å²) in [6, 6.07) is 15.5. The minimum absolute atomic E-state index is 0.184. The van der Waals surface area contributed by atoms with Crippen molar-refractivity contribution in [2.45, 2.75) is 19.5 Å². The Balaban J connectivity index is 1.77. The number of nitrogens with zero attached hydrogens (tertiary/aromatic N) is 2. The van der Waals surface area contributed by atoms with Crippen LogP contribution in [0.15, 0.2) is 70.1 Å². The molecule has 0 fully saturated rings. The zero-order valence-electron chi connectivity index (χ0n) is 13.2. The van der Waals surface area contributed by atoms with Gasteiger partial charge in [0.05, 0.1) is 18.8 Å². The van der Waals surface area contributed by atoms with Crippen molar-refractivity contribution in [2.24, 2.45) is 0 Å². The highest BCUT2D eigenvalue weighted by Gasteiger charge is 2.15. The van der Waals surface area contributed by atoms with E-state index in [1.165, 1.54) is 16.8 Å². The van der Waals surface area contributed by atoms with Gasteiger partial charge in [0.25, 0.3) is 11.5 Å². The van der Waals surface area contributed by atoms with Crippen LogP contribution in [0.5, 0.6) is 0 Å². The van der Waals surface area contributed by atoms with E-state index >= 15 is 0 Å². The molecular weight excluding hydrogens is 306 g/mol. The van der Waals surface area contributed by atoms with Crippen molar-refractivity contribution >= 4 is 5.91 Å². The topological polar surface area (TPSA) is 77.1 Å². The number of carbonyl (C=O) groups excluding carboxylic acids is 1. The molecule has 122 valence electrons. The molecule has 3 aromatic rings. The van der Waals surface area contributed by atoms with Crippen molar-refractivity contribution in [3.05, 3.63) is 88.2 Å². The molecule has 0 bridgehead atoms. The third-order valence-electron chi connectivity index (χ3n) is 3.59. The third-order valence-corrected chi connectivity index (χ3v) is 3.59. The monoisotopic (exact) mass is 323 g/mol. The minimum atomic E-state index is -0.360. The van der Waals surface area contributed by atoms with Gasteiger partial charge in [-0.15, -0.1) is 0 Å². The minimum Gasteiger partial charge on any atom is -0.467 e. The second-order valence-corrected chi connectivity index (χ2v) is 5.41. The van der Waals surface area contributed by atoms with Crippen LogP contribution >= 0.6 is 0 Å². The Hall–Kier alpha value is -3.15. The standard InChI is InChI=1S/C18H17N3O3/c1-13(16-8-5-11-24-16)19-18(23)15-9-10-17(22)21(20-15)12-14-6-3-2-4-7-14/h2-11,13H,12H2,1H3,(H,19,23). The van der Waals surface area contributed by atoms with Crippen LogP contribution in [0.2, 0.25) is 0 Å². The quantitative estimate of drug-likeness (QED) is 0.782. The van der Waals surface area contributed by atoms with Gasteiger partial charge in [0.1, 0.15) is 11.5 Å². The van der Waals surface area contributed by atoms with Crippen LogP contribution in [-0.4, -0.2) is 15.7 Å². The van der Waals surface area contributed by atoms with Crippen molar-refractivity contribution in [2.75, 3.05) is 0 Å². The van der Waals surface area contributed by atoms with E-state index in [4.69, 9.17) is 4.42 Å². The van der Waals surface area contributed by atoms with Gasteiger partial charge in [-0.25, -0.2) is 4.68 Å². The molecule has 0 radical (unpaired) electrons. The first-order chi connectivity index (χ1) is 11.6. The number of nitrogens with one attached hydrogen (secondary N) is 1. The van der Waals surface area contributed by atoms with Crippen LogP contribution in [0.25, 0.3) is 0 Å². The lowest BCUT2D eigenvalue weighted by molar-refractivity contribution is 0.0928. The number of benzene rings is 1. The van der Waals surface area contributed by atoms with Gasteiger partial charge in [0, 0.05) is 6.07 Å². The molecule has 0 spiro atoms. The van der Waals surface area contributed by atoms with Crippen molar-refractivity contribution in [3.8, 4) is 0 Å². The van der Waals surface area contributed by atoms with Gasteiger partial charge in [0.2, 0.25) is 0 Å². The number of aromatic nitrogens is 2. The largest absolute Gasteiger partial charge is 0.467 e. The molecule has 1 unspecified atom stereocenters. The van der Waals surface area contributed by atoms with Gasteiger partial charge in [-0.3, -0.25) is 9.59 Å². The molecule has 1 amide bonds. The molecule has 3 rings (SSSR count). The third kappa shape index (κ3) is 3.60. The highest BCUT2D eigenvalue weighted by atomic mass is 16.3. The van der Waals surface area contributed by atoms with Gasteiger partial charge in [-0.2, -0.15) is 5.10 Å². The van der Waals surface area contributed by atoms with E-state index in [2.05, 4.69) is 10.4 Å². The van der Waals surface area contributed by atoms with Crippen molar-refractivity contribution in [1.82, 2.24) is 15.1 Å². The summed E-state index contributed by atoms with van der Waals surface area (Å²) in [6.45, 7) is 2.13. The average molecular weight is 323 g/mol. The Labute approximate surface area is 138 Å². The predicted octanol–water partition coefficient (Wildman–Crippen LogP) is 2.38. The number of rotatable bonds is 5. The summed E-state index contributed by atoms with van der Waals surface area (Å²) >= 11 is 0. The van der Waals surface area contributed by atoms with E-state index < -0.39 is 0 Å². The number of hydrogen-bond donors (Lipinski definition) is 1. The van der Waals surface area contributed by atoms with Crippen LogP contribution in [-0.2, 0) is 6.54 Å². The van der Waals surface area contributed by atoms with E-state index in [9.17, 15) is 9.59 Å². The first-order valence-electron chi connectivity index (χ1n) is 7.60. The fraction of sp³-hybridized carbons (Fsp3) is 0.167. The summed E-state index contributed by atoms with van der Waals surface area (Å²) in [5.74, 6) is 0.293. The zero-order chi connectivity index (χ0) is 16.9. The normalized spacial score (nSPS) is 11.9. The molecule has 1 N–H and O–H groups in total. The number of amides is 1. The van der Waals surface area contributed by atoms with Gasteiger partial charge in [0.15, 0.2) is 0 Å². The van der Waals surface area contributed by atoms with Crippen LogP contribution in [0, 0.1) is 0 Å². The molecule has 2 heterocycles. The Bertz CT molecular complexity index is 870. The van der Waals surface area contributed by atoms with E-state index in [-0.39, 0.29) is 23.2 Å². The lowest BCUT2D eigenvalue weighted by atomic mass is 10.2. The number of carbonyl (C=O) groups is 1. The van der Waals surface area contributed by atoms with Crippen LogP contribution < -0.4 is 10.9 Å². The molecule has 24 heavy (non-hydrogen) atoms. The zero-order valence-corrected chi connectivity index (χ0v) is 13.2. The molecule has 2 aromatic heterocycles. The second kappa shape index (κ2) is 6.95. The lowest BCUT2D eigenvalue weighted by Gasteiger charge is -2.12. The molecule has 0 saturated carbocycles. The molecule has 1 atom stereocenters. The Kier molecular flexibility index (Phi) is 4.56. The maximum absolute atomic E-state index is 12.3. The summed E-state index contributed by atoms with van der Waals surface area (Å²) in [4.78, 5) is 24.3.